The van der Waals surface area contributed by atoms with E-state index in [1.807, 2.05) is 0 Å². The molecule has 0 heterocycles. The predicted octanol–water partition coefficient (Wildman–Crippen LogP) is 9.60. The summed E-state index contributed by atoms with van der Waals surface area (Å²) in [4.78, 5) is 0. The van der Waals surface area contributed by atoms with Gasteiger partial charge in [0, 0.05) is 0 Å². The van der Waals surface area contributed by atoms with Crippen molar-refractivity contribution < 1.29 is 17.4 Å². The number of hydrogen-bond acceptors (Lipinski definition) is 0. The maximum absolute atomic E-state index is 4.00. The van der Waals surface area contributed by atoms with Crippen molar-refractivity contribution >= 4 is 0 Å². The average Bonchev–Trinajstić information content (AvgIpc) is 2.72. The molecule has 4 rings (SSSR count). The third-order valence-electron chi connectivity index (χ3n) is 6.90. The Morgan fingerprint density at radius 1 is 0.276 bits per heavy atom. The minimum atomic E-state index is 0. The van der Waals surface area contributed by atoms with Gasteiger partial charge in [-0.1, -0.05) is 128 Å². The van der Waals surface area contributed by atoms with Gasteiger partial charge in [-0.25, -0.2) is 0 Å². The smallest absolute Gasteiger partial charge is 0.340 e. The normalized spacial score (nSPS) is 24.4. The summed E-state index contributed by atoms with van der Waals surface area (Å²) in [5, 5.41) is 0. The fourth-order valence-corrected chi connectivity index (χ4v) is 4.75. The molecule has 0 nitrogen and oxygen atoms in total. The van der Waals surface area contributed by atoms with Gasteiger partial charge < -0.3 is 27.7 Å². The molecule has 0 spiro atoms. The molecule has 4 aliphatic rings. The monoisotopic (exact) mass is 440 g/mol. The molecule has 4 fully saturated rings. The molecule has 170 valence electrons. The summed E-state index contributed by atoms with van der Waals surface area (Å²) in [6.45, 7) is 16.0. The molecular weight excluding hydrogens is 388 g/mol. The molecule has 0 bridgehead atoms. The maximum atomic E-state index is 4.00. The maximum Gasteiger partial charge on any atom is 4.00 e. The summed E-state index contributed by atoms with van der Waals surface area (Å²) < 4.78 is 0. The Morgan fingerprint density at radius 2 is 0.414 bits per heavy atom. The molecule has 0 aromatic carbocycles. The van der Waals surface area contributed by atoms with Crippen LogP contribution in [0.1, 0.15) is 128 Å². The van der Waals surface area contributed by atoms with E-state index in [0.29, 0.717) is 0 Å². The van der Waals surface area contributed by atoms with E-state index in [1.165, 1.54) is 128 Å². The van der Waals surface area contributed by atoms with Gasteiger partial charge in [-0.2, -0.15) is 23.7 Å². The number of rotatable bonds is 0. The molecule has 0 N–H and O–H groups in total. The zero-order valence-corrected chi connectivity index (χ0v) is 21.0. The Kier molecular flexibility index (Phi) is 20.8. The largest absolute Gasteiger partial charge is 4.00 e. The van der Waals surface area contributed by atoms with Gasteiger partial charge in [-0.05, 0) is 0 Å². The van der Waals surface area contributed by atoms with Gasteiger partial charge in [0.2, 0.25) is 0 Å². The Morgan fingerprint density at radius 3 is 0.483 bits per heavy atom. The summed E-state index contributed by atoms with van der Waals surface area (Å²) in [5.74, 6) is 3.14. The van der Waals surface area contributed by atoms with Gasteiger partial charge in [0.15, 0.2) is 0 Å². The third-order valence-corrected chi connectivity index (χ3v) is 6.90. The van der Waals surface area contributed by atoms with Crippen molar-refractivity contribution in [2.24, 2.45) is 23.7 Å². The van der Waals surface area contributed by atoms with E-state index in [2.05, 4.69) is 27.7 Å². The number of hydrogen-bond donors (Lipinski definition) is 0. The van der Waals surface area contributed by atoms with E-state index in [0.717, 1.165) is 23.7 Å². The molecular formula is C28H52Cr. The van der Waals surface area contributed by atoms with E-state index in [-0.39, 0.29) is 17.4 Å². The summed E-state index contributed by atoms with van der Waals surface area (Å²) in [6.07, 6.45) is 28.2. The average molecular weight is 441 g/mol. The van der Waals surface area contributed by atoms with Gasteiger partial charge in [0.05, 0.1) is 0 Å². The first-order valence-corrected chi connectivity index (χ1v) is 12.9. The van der Waals surface area contributed by atoms with Gasteiger partial charge in [-0.3, -0.25) is 0 Å². The summed E-state index contributed by atoms with van der Waals surface area (Å²) in [7, 11) is 0. The first-order chi connectivity index (χ1) is 13.6. The molecule has 0 aromatic rings. The third kappa shape index (κ3) is 19.0. The second kappa shape index (κ2) is 20.4. The van der Waals surface area contributed by atoms with Crippen molar-refractivity contribution in [3.63, 3.8) is 0 Å². The molecule has 4 aliphatic carbocycles. The summed E-state index contributed by atoms with van der Waals surface area (Å²) in [6, 6.07) is 0. The van der Waals surface area contributed by atoms with Gasteiger partial charge >= 0.3 is 17.4 Å². The minimum Gasteiger partial charge on any atom is -0.340 e. The Bertz CT molecular complexity index is 238. The standard InChI is InChI=1S/4C7H13.Cr/c4*1-7-5-3-2-4-6-7;/h4*7H,1-6H2;/q4*-1;+4. The fourth-order valence-electron chi connectivity index (χ4n) is 4.75. The van der Waals surface area contributed by atoms with Crippen LogP contribution in [0.25, 0.3) is 0 Å². The molecule has 0 aromatic heterocycles. The van der Waals surface area contributed by atoms with Crippen LogP contribution in [0.2, 0.25) is 0 Å². The van der Waals surface area contributed by atoms with Crippen molar-refractivity contribution in [3.8, 4) is 0 Å². The SMILES string of the molecule is [CH2-]C1CCCCC1.[CH2-]C1CCCCC1.[CH2-]C1CCCCC1.[CH2-]C1CCCCC1.[Cr+4]. The molecule has 0 amide bonds. The molecule has 0 radical (unpaired) electrons. The molecule has 0 atom stereocenters. The quantitative estimate of drug-likeness (QED) is 0.329. The van der Waals surface area contributed by atoms with Gasteiger partial charge in [0.25, 0.3) is 0 Å². The second-order valence-electron chi connectivity index (χ2n) is 10.0. The minimum absolute atomic E-state index is 0. The Labute approximate surface area is 196 Å². The van der Waals surface area contributed by atoms with Crippen LogP contribution in [0.5, 0.6) is 0 Å². The van der Waals surface area contributed by atoms with Crippen molar-refractivity contribution in [2.45, 2.75) is 128 Å². The van der Waals surface area contributed by atoms with Crippen LogP contribution >= 0.6 is 0 Å². The molecule has 0 saturated heterocycles. The second-order valence-corrected chi connectivity index (χ2v) is 10.0. The molecule has 4 saturated carbocycles. The van der Waals surface area contributed by atoms with Gasteiger partial charge in [-0.15, -0.1) is 0 Å². The first-order valence-electron chi connectivity index (χ1n) is 12.9. The van der Waals surface area contributed by atoms with Crippen LogP contribution in [0.4, 0.5) is 0 Å². The first kappa shape index (κ1) is 29.5. The van der Waals surface area contributed by atoms with E-state index < -0.39 is 0 Å². The van der Waals surface area contributed by atoms with E-state index in [4.69, 9.17) is 0 Å². The van der Waals surface area contributed by atoms with E-state index in [1.54, 1.807) is 0 Å². The van der Waals surface area contributed by atoms with Crippen LogP contribution < -0.4 is 0 Å². The van der Waals surface area contributed by atoms with Crippen molar-refractivity contribution in [1.82, 2.24) is 0 Å². The van der Waals surface area contributed by atoms with Crippen molar-refractivity contribution in [2.75, 3.05) is 0 Å². The molecule has 0 unspecified atom stereocenters. The zero-order chi connectivity index (χ0) is 20.5. The van der Waals surface area contributed by atoms with E-state index >= 15 is 0 Å². The predicted molar refractivity (Wildman–Crippen MR) is 128 cm³/mol. The van der Waals surface area contributed by atoms with Crippen LogP contribution in [0, 0.1) is 51.4 Å². The van der Waals surface area contributed by atoms with Crippen molar-refractivity contribution in [3.05, 3.63) is 27.7 Å². The summed E-state index contributed by atoms with van der Waals surface area (Å²) in [5.41, 5.74) is 0. The molecule has 1 heteroatoms. The topological polar surface area (TPSA) is 0 Å². The van der Waals surface area contributed by atoms with E-state index in [9.17, 15) is 0 Å². The zero-order valence-electron chi connectivity index (χ0n) is 19.7. The molecule has 0 aliphatic heterocycles. The van der Waals surface area contributed by atoms with Crippen LogP contribution in [-0.4, -0.2) is 0 Å². The Hall–Kier alpha value is 0.532. The van der Waals surface area contributed by atoms with Crippen LogP contribution in [0.3, 0.4) is 0 Å². The van der Waals surface area contributed by atoms with Crippen molar-refractivity contribution in [1.29, 1.82) is 0 Å². The van der Waals surface area contributed by atoms with Crippen LogP contribution in [0.15, 0.2) is 0 Å². The van der Waals surface area contributed by atoms with Gasteiger partial charge in [0.1, 0.15) is 0 Å². The summed E-state index contributed by atoms with van der Waals surface area (Å²) >= 11 is 0. The molecule has 29 heavy (non-hydrogen) atoms. The fraction of sp³-hybridized carbons (Fsp3) is 0.857. The Balaban J connectivity index is 0.000000356. The van der Waals surface area contributed by atoms with Crippen LogP contribution in [-0.2, 0) is 17.4 Å².